The average Bonchev–Trinajstić information content (AvgIpc) is 2.24. The minimum Gasteiger partial charge on any atom is -0.351 e. The minimum atomic E-state index is -0.862. The van der Waals surface area contributed by atoms with Crippen molar-refractivity contribution < 1.29 is 13.6 Å². The highest BCUT2D eigenvalue weighted by molar-refractivity contribution is 5.94. The molecule has 1 rings (SSSR count). The molecular formula is C12H11F2NO. The Hall–Kier alpha value is -1.89. The zero-order valence-electron chi connectivity index (χ0n) is 8.81. The number of nitrogens with one attached hydrogen (secondary N) is 1. The van der Waals surface area contributed by atoms with Crippen molar-refractivity contribution in [1.29, 1.82) is 0 Å². The van der Waals surface area contributed by atoms with Crippen LogP contribution in [-0.2, 0) is 0 Å². The van der Waals surface area contributed by atoms with Gasteiger partial charge in [0.15, 0.2) is 0 Å². The van der Waals surface area contributed by atoms with Crippen LogP contribution >= 0.6 is 0 Å². The highest BCUT2D eigenvalue weighted by Gasteiger charge is 2.11. The van der Waals surface area contributed by atoms with Gasteiger partial charge in [-0.05, 0) is 19.1 Å². The molecule has 0 spiro atoms. The van der Waals surface area contributed by atoms with Crippen LogP contribution in [0.15, 0.2) is 18.2 Å². The molecule has 0 saturated heterocycles. The number of halogens is 2. The van der Waals surface area contributed by atoms with Crippen molar-refractivity contribution in [1.82, 2.24) is 5.32 Å². The molecule has 0 unspecified atom stereocenters. The van der Waals surface area contributed by atoms with E-state index in [2.05, 4.69) is 17.2 Å². The monoisotopic (exact) mass is 223 g/mol. The van der Waals surface area contributed by atoms with Crippen LogP contribution in [0.5, 0.6) is 0 Å². The van der Waals surface area contributed by atoms with Gasteiger partial charge in [0.2, 0.25) is 0 Å². The Labute approximate surface area is 92.7 Å². The van der Waals surface area contributed by atoms with E-state index in [1.54, 1.807) is 6.92 Å². The standard InChI is InChI=1S/C12H11F2NO/c1-2-3-4-7-15-12(16)10-6-5-9(13)8-11(10)14/h5-6,8H,4,7H2,1H3,(H,15,16). The Bertz CT molecular complexity index is 446. The summed E-state index contributed by atoms with van der Waals surface area (Å²) in [5, 5.41) is 2.49. The second kappa shape index (κ2) is 5.86. The van der Waals surface area contributed by atoms with Crippen molar-refractivity contribution >= 4 is 5.91 Å². The molecule has 0 aliphatic carbocycles. The maximum Gasteiger partial charge on any atom is 0.254 e. The van der Waals surface area contributed by atoms with Crippen LogP contribution in [0, 0.1) is 23.5 Å². The van der Waals surface area contributed by atoms with Crippen molar-refractivity contribution in [3.63, 3.8) is 0 Å². The fourth-order valence-corrected chi connectivity index (χ4v) is 1.13. The van der Waals surface area contributed by atoms with Gasteiger partial charge in [-0.3, -0.25) is 4.79 Å². The van der Waals surface area contributed by atoms with Crippen LogP contribution in [0.25, 0.3) is 0 Å². The van der Waals surface area contributed by atoms with E-state index >= 15 is 0 Å². The van der Waals surface area contributed by atoms with Crippen LogP contribution in [-0.4, -0.2) is 12.5 Å². The number of benzene rings is 1. The maximum atomic E-state index is 13.1. The molecule has 1 aromatic rings. The zero-order chi connectivity index (χ0) is 12.0. The Balaban J connectivity index is 2.61. The molecule has 84 valence electrons. The largest absolute Gasteiger partial charge is 0.351 e. The third-order valence-corrected chi connectivity index (χ3v) is 1.89. The van der Waals surface area contributed by atoms with E-state index in [9.17, 15) is 13.6 Å². The number of carbonyl (C=O) groups excluding carboxylic acids is 1. The summed E-state index contributed by atoms with van der Waals surface area (Å²) in [6, 6.07) is 2.84. The van der Waals surface area contributed by atoms with Gasteiger partial charge in [-0.1, -0.05) is 0 Å². The number of rotatable bonds is 3. The van der Waals surface area contributed by atoms with Crippen molar-refractivity contribution in [3.8, 4) is 11.8 Å². The van der Waals surface area contributed by atoms with Gasteiger partial charge in [0.1, 0.15) is 11.6 Å². The van der Waals surface area contributed by atoms with Crippen molar-refractivity contribution in [2.75, 3.05) is 6.54 Å². The van der Waals surface area contributed by atoms with Crippen LogP contribution in [0.2, 0.25) is 0 Å². The van der Waals surface area contributed by atoms with Crippen LogP contribution in [0.4, 0.5) is 8.78 Å². The van der Waals surface area contributed by atoms with Gasteiger partial charge in [-0.15, -0.1) is 11.8 Å². The molecule has 4 heteroatoms. The topological polar surface area (TPSA) is 29.1 Å². The third-order valence-electron chi connectivity index (χ3n) is 1.89. The van der Waals surface area contributed by atoms with Crippen LogP contribution in [0.3, 0.4) is 0 Å². The first kappa shape index (κ1) is 12.2. The predicted molar refractivity (Wildman–Crippen MR) is 56.8 cm³/mol. The molecule has 1 N–H and O–H groups in total. The summed E-state index contributed by atoms with van der Waals surface area (Å²) in [4.78, 5) is 11.4. The molecule has 0 saturated carbocycles. The first-order chi connectivity index (χ1) is 7.65. The van der Waals surface area contributed by atoms with Crippen LogP contribution < -0.4 is 5.32 Å². The Morgan fingerprint density at radius 2 is 2.19 bits per heavy atom. The lowest BCUT2D eigenvalue weighted by atomic mass is 10.2. The molecule has 0 aliphatic heterocycles. The second-order valence-electron chi connectivity index (χ2n) is 3.06. The SMILES string of the molecule is CC#CCCNC(=O)c1ccc(F)cc1F. The average molecular weight is 223 g/mol. The van der Waals surface area contributed by atoms with E-state index in [1.807, 2.05) is 0 Å². The van der Waals surface area contributed by atoms with E-state index in [0.717, 1.165) is 12.1 Å². The van der Waals surface area contributed by atoms with Gasteiger partial charge in [-0.2, -0.15) is 0 Å². The normalized spacial score (nSPS) is 9.19. The summed E-state index contributed by atoms with van der Waals surface area (Å²) in [6.07, 6.45) is 0.505. The molecule has 0 atom stereocenters. The van der Waals surface area contributed by atoms with Gasteiger partial charge in [-0.25, -0.2) is 8.78 Å². The second-order valence-corrected chi connectivity index (χ2v) is 3.06. The summed E-state index contributed by atoms with van der Waals surface area (Å²) in [5.74, 6) is 3.31. The fourth-order valence-electron chi connectivity index (χ4n) is 1.13. The first-order valence-electron chi connectivity index (χ1n) is 4.78. The van der Waals surface area contributed by atoms with E-state index < -0.39 is 17.5 Å². The number of hydrogen-bond acceptors (Lipinski definition) is 1. The van der Waals surface area contributed by atoms with Gasteiger partial charge in [0.05, 0.1) is 5.56 Å². The lowest BCUT2D eigenvalue weighted by Crippen LogP contribution is -2.25. The van der Waals surface area contributed by atoms with Crippen molar-refractivity contribution in [2.45, 2.75) is 13.3 Å². The lowest BCUT2D eigenvalue weighted by Gasteiger charge is -2.03. The molecule has 0 fully saturated rings. The lowest BCUT2D eigenvalue weighted by molar-refractivity contribution is 0.0950. The highest BCUT2D eigenvalue weighted by atomic mass is 19.1. The first-order valence-corrected chi connectivity index (χ1v) is 4.78. The molecule has 0 heterocycles. The highest BCUT2D eigenvalue weighted by Crippen LogP contribution is 2.08. The van der Waals surface area contributed by atoms with E-state index in [1.165, 1.54) is 0 Å². The molecule has 2 nitrogen and oxygen atoms in total. The Morgan fingerprint density at radius 3 is 2.81 bits per heavy atom. The van der Waals surface area contributed by atoms with E-state index in [0.29, 0.717) is 19.0 Å². The quantitative estimate of drug-likeness (QED) is 0.617. The number of carbonyl (C=O) groups is 1. The smallest absolute Gasteiger partial charge is 0.254 e. The van der Waals surface area contributed by atoms with Gasteiger partial charge in [0, 0.05) is 19.0 Å². The molecule has 0 aliphatic rings. The van der Waals surface area contributed by atoms with Crippen LogP contribution in [0.1, 0.15) is 23.7 Å². The van der Waals surface area contributed by atoms with Gasteiger partial charge in [0.25, 0.3) is 5.91 Å². The predicted octanol–water partition coefficient (Wildman–Crippen LogP) is 2.11. The maximum absolute atomic E-state index is 13.1. The third kappa shape index (κ3) is 3.35. The molecule has 1 amide bonds. The number of amides is 1. The van der Waals surface area contributed by atoms with E-state index in [-0.39, 0.29) is 5.56 Å². The van der Waals surface area contributed by atoms with Crippen molar-refractivity contribution in [2.24, 2.45) is 0 Å². The summed E-state index contributed by atoms with van der Waals surface area (Å²) >= 11 is 0. The van der Waals surface area contributed by atoms with Crippen molar-refractivity contribution in [3.05, 3.63) is 35.4 Å². The van der Waals surface area contributed by atoms with Gasteiger partial charge < -0.3 is 5.32 Å². The Kier molecular flexibility index (Phi) is 4.46. The zero-order valence-corrected chi connectivity index (χ0v) is 8.81. The van der Waals surface area contributed by atoms with Gasteiger partial charge >= 0.3 is 0 Å². The summed E-state index contributed by atoms with van der Waals surface area (Å²) in [7, 11) is 0. The van der Waals surface area contributed by atoms with E-state index in [4.69, 9.17) is 0 Å². The number of hydrogen-bond donors (Lipinski definition) is 1. The molecule has 16 heavy (non-hydrogen) atoms. The Morgan fingerprint density at radius 1 is 1.44 bits per heavy atom. The molecule has 0 aromatic heterocycles. The minimum absolute atomic E-state index is 0.161. The molecule has 0 radical (unpaired) electrons. The molecule has 1 aromatic carbocycles. The summed E-state index contributed by atoms with van der Waals surface area (Å²) in [6.45, 7) is 2.04. The molecular weight excluding hydrogens is 212 g/mol. The molecule has 0 bridgehead atoms. The fraction of sp³-hybridized carbons (Fsp3) is 0.250. The summed E-state index contributed by atoms with van der Waals surface area (Å²) in [5.41, 5.74) is -0.161. The summed E-state index contributed by atoms with van der Waals surface area (Å²) < 4.78 is 25.7.